The van der Waals surface area contributed by atoms with Crippen LogP contribution in [0.15, 0.2) is 4.99 Å². The summed E-state index contributed by atoms with van der Waals surface area (Å²) in [6.07, 6.45) is 3.14. The fourth-order valence-electron chi connectivity index (χ4n) is 3.03. The molecule has 164 valence electrons. The summed E-state index contributed by atoms with van der Waals surface area (Å²) < 4.78 is 31.9. The zero-order chi connectivity index (χ0) is 19.7. The average molecular weight is 531 g/mol. The number of ether oxygens (including phenoxy) is 1. The van der Waals surface area contributed by atoms with Gasteiger partial charge in [0, 0.05) is 39.3 Å². The number of nitrogens with zero attached hydrogens (tertiary/aromatic N) is 3. The molecule has 1 heterocycles. The van der Waals surface area contributed by atoms with Gasteiger partial charge in [0.2, 0.25) is 10.0 Å². The summed E-state index contributed by atoms with van der Waals surface area (Å²) in [5, 5.41) is 3.20. The Bertz CT molecular complexity index is 605. The molecule has 2 aliphatic rings. The van der Waals surface area contributed by atoms with Crippen LogP contribution >= 0.6 is 24.0 Å². The number of guanidine groups is 1. The Morgan fingerprint density at radius 3 is 2.32 bits per heavy atom. The van der Waals surface area contributed by atoms with Gasteiger partial charge < -0.3 is 19.9 Å². The SMILES string of the molecule is CCNC(=NCCS(=O)(=O)NCC1CCC1)N1CCN(C(=O)OCC)CC1.I. The molecule has 0 unspecified atom stereocenters. The predicted octanol–water partition coefficient (Wildman–Crippen LogP) is 1.06. The summed E-state index contributed by atoms with van der Waals surface area (Å²) in [4.78, 5) is 20.0. The van der Waals surface area contributed by atoms with Gasteiger partial charge in [0.25, 0.3) is 0 Å². The Morgan fingerprint density at radius 2 is 1.79 bits per heavy atom. The Hall–Kier alpha value is -0.820. The lowest BCUT2D eigenvalue weighted by molar-refractivity contribution is 0.0914. The van der Waals surface area contributed by atoms with Crippen molar-refractivity contribution in [2.24, 2.45) is 10.9 Å². The van der Waals surface area contributed by atoms with E-state index in [-0.39, 0.29) is 42.4 Å². The number of hydrogen-bond acceptors (Lipinski definition) is 5. The standard InChI is InChI=1S/C17H33N5O4S.HI/c1-3-18-16(21-9-11-22(12-10-21)17(23)26-4-2)19-8-13-27(24,25)20-14-15-6-5-7-15;/h15,20H,3-14H2,1-2H3,(H,18,19);1H. The molecule has 9 nitrogen and oxygen atoms in total. The second-order valence-electron chi connectivity index (χ2n) is 6.87. The van der Waals surface area contributed by atoms with E-state index in [9.17, 15) is 13.2 Å². The van der Waals surface area contributed by atoms with E-state index in [1.807, 2.05) is 11.8 Å². The highest BCUT2D eigenvalue weighted by Gasteiger charge is 2.24. The third kappa shape index (κ3) is 8.27. The van der Waals surface area contributed by atoms with Crippen LogP contribution in [0.25, 0.3) is 0 Å². The summed E-state index contributed by atoms with van der Waals surface area (Å²) in [6, 6.07) is 0. The van der Waals surface area contributed by atoms with Gasteiger partial charge in [-0.25, -0.2) is 17.9 Å². The van der Waals surface area contributed by atoms with Crippen molar-refractivity contribution in [1.29, 1.82) is 0 Å². The minimum Gasteiger partial charge on any atom is -0.450 e. The highest BCUT2D eigenvalue weighted by molar-refractivity contribution is 14.0. The minimum absolute atomic E-state index is 0. The van der Waals surface area contributed by atoms with E-state index in [0.717, 1.165) is 12.8 Å². The second-order valence-corrected chi connectivity index (χ2v) is 8.80. The molecule has 0 aromatic rings. The molecule has 0 radical (unpaired) electrons. The maximum absolute atomic E-state index is 12.1. The summed E-state index contributed by atoms with van der Waals surface area (Å²) in [6.45, 7) is 7.97. The van der Waals surface area contributed by atoms with Crippen LogP contribution in [0.5, 0.6) is 0 Å². The summed E-state index contributed by atoms with van der Waals surface area (Å²) in [5.41, 5.74) is 0. The predicted molar refractivity (Wildman–Crippen MR) is 121 cm³/mol. The van der Waals surface area contributed by atoms with E-state index in [1.54, 1.807) is 11.8 Å². The van der Waals surface area contributed by atoms with Crippen LogP contribution < -0.4 is 10.0 Å². The molecule has 1 aliphatic heterocycles. The second kappa shape index (κ2) is 12.7. The molecule has 0 aromatic heterocycles. The Labute approximate surface area is 185 Å². The minimum atomic E-state index is -3.29. The largest absolute Gasteiger partial charge is 0.450 e. The summed E-state index contributed by atoms with van der Waals surface area (Å²) in [5.74, 6) is 1.17. The number of hydrogen-bond donors (Lipinski definition) is 2. The van der Waals surface area contributed by atoms with Gasteiger partial charge in [-0.05, 0) is 32.6 Å². The number of carbonyl (C=O) groups is 1. The van der Waals surface area contributed by atoms with Crippen molar-refractivity contribution in [2.45, 2.75) is 33.1 Å². The smallest absolute Gasteiger partial charge is 0.409 e. The molecule has 0 atom stereocenters. The molecule has 28 heavy (non-hydrogen) atoms. The van der Waals surface area contributed by atoms with Gasteiger partial charge in [-0.15, -0.1) is 24.0 Å². The number of carbonyl (C=O) groups excluding carboxylic acids is 1. The number of aliphatic imine (C=N–C) groups is 1. The first-order valence-corrected chi connectivity index (χ1v) is 11.5. The zero-order valence-corrected chi connectivity index (χ0v) is 20.0. The van der Waals surface area contributed by atoms with Crippen molar-refractivity contribution < 1.29 is 17.9 Å². The quantitative estimate of drug-likeness (QED) is 0.276. The van der Waals surface area contributed by atoms with E-state index in [1.165, 1.54) is 6.42 Å². The third-order valence-electron chi connectivity index (χ3n) is 4.88. The van der Waals surface area contributed by atoms with Crippen LogP contribution in [0.1, 0.15) is 33.1 Å². The molecule has 0 aromatic carbocycles. The van der Waals surface area contributed by atoms with E-state index in [2.05, 4.69) is 15.0 Å². The number of nitrogens with one attached hydrogen (secondary N) is 2. The van der Waals surface area contributed by atoms with Crippen LogP contribution in [0.3, 0.4) is 0 Å². The Kier molecular flexibility index (Phi) is 11.4. The highest BCUT2D eigenvalue weighted by atomic mass is 127. The molecule has 2 rings (SSSR count). The molecule has 1 amide bonds. The van der Waals surface area contributed by atoms with E-state index in [0.29, 0.717) is 57.8 Å². The van der Waals surface area contributed by atoms with Gasteiger partial charge in [0.15, 0.2) is 5.96 Å². The van der Waals surface area contributed by atoms with Crippen molar-refractivity contribution >= 4 is 46.1 Å². The van der Waals surface area contributed by atoms with Gasteiger partial charge >= 0.3 is 6.09 Å². The van der Waals surface area contributed by atoms with E-state index >= 15 is 0 Å². The van der Waals surface area contributed by atoms with E-state index < -0.39 is 10.0 Å². The molecular weight excluding hydrogens is 497 g/mol. The van der Waals surface area contributed by atoms with Crippen molar-refractivity contribution in [1.82, 2.24) is 19.8 Å². The zero-order valence-electron chi connectivity index (χ0n) is 16.9. The van der Waals surface area contributed by atoms with Crippen molar-refractivity contribution in [3.05, 3.63) is 0 Å². The number of amides is 1. The lowest BCUT2D eigenvalue weighted by atomic mass is 9.86. The van der Waals surface area contributed by atoms with Gasteiger partial charge in [0.1, 0.15) is 0 Å². The molecule has 2 fully saturated rings. The van der Waals surface area contributed by atoms with Gasteiger partial charge in [0.05, 0.1) is 18.9 Å². The van der Waals surface area contributed by atoms with Crippen molar-refractivity contribution in [3.8, 4) is 0 Å². The van der Waals surface area contributed by atoms with Crippen LogP contribution in [0.2, 0.25) is 0 Å². The van der Waals surface area contributed by atoms with Crippen LogP contribution in [-0.2, 0) is 14.8 Å². The summed E-state index contributed by atoms with van der Waals surface area (Å²) >= 11 is 0. The van der Waals surface area contributed by atoms with Crippen molar-refractivity contribution in [2.75, 3.05) is 58.2 Å². The Morgan fingerprint density at radius 1 is 1.14 bits per heavy atom. The Balaban J connectivity index is 0.00000392. The fraction of sp³-hybridized carbons (Fsp3) is 0.882. The average Bonchev–Trinajstić information content (AvgIpc) is 2.60. The van der Waals surface area contributed by atoms with E-state index in [4.69, 9.17) is 4.74 Å². The molecule has 1 saturated heterocycles. The third-order valence-corrected chi connectivity index (χ3v) is 6.20. The molecule has 0 bridgehead atoms. The molecule has 0 spiro atoms. The van der Waals surface area contributed by atoms with Crippen LogP contribution in [0.4, 0.5) is 4.79 Å². The monoisotopic (exact) mass is 531 g/mol. The molecule has 1 aliphatic carbocycles. The van der Waals surface area contributed by atoms with Crippen LogP contribution in [0, 0.1) is 5.92 Å². The topological polar surface area (TPSA) is 103 Å². The first-order chi connectivity index (χ1) is 12.9. The first-order valence-electron chi connectivity index (χ1n) is 9.87. The molecule has 2 N–H and O–H groups in total. The molecular formula is C17H34IN5O4S. The van der Waals surface area contributed by atoms with Gasteiger partial charge in [-0.2, -0.15) is 0 Å². The first kappa shape index (κ1) is 25.2. The number of rotatable bonds is 8. The number of piperazine rings is 1. The fourth-order valence-corrected chi connectivity index (χ4v) is 3.99. The van der Waals surface area contributed by atoms with Gasteiger partial charge in [-0.3, -0.25) is 4.99 Å². The normalized spacial score (nSPS) is 18.3. The highest BCUT2D eigenvalue weighted by Crippen LogP contribution is 2.25. The number of sulfonamides is 1. The molecule has 1 saturated carbocycles. The summed E-state index contributed by atoms with van der Waals surface area (Å²) in [7, 11) is -3.29. The maximum atomic E-state index is 12.1. The van der Waals surface area contributed by atoms with Crippen LogP contribution in [-0.4, -0.2) is 88.4 Å². The number of halogens is 1. The van der Waals surface area contributed by atoms with Crippen molar-refractivity contribution in [3.63, 3.8) is 0 Å². The lowest BCUT2D eigenvalue weighted by Gasteiger charge is -2.35. The molecule has 11 heteroatoms. The van der Waals surface area contributed by atoms with Gasteiger partial charge in [-0.1, -0.05) is 6.42 Å². The lowest BCUT2D eigenvalue weighted by Crippen LogP contribution is -2.54. The maximum Gasteiger partial charge on any atom is 0.409 e.